The molecule has 1 nitrogen and oxygen atoms in total. The molecule has 1 saturated carbocycles. The van der Waals surface area contributed by atoms with Gasteiger partial charge < -0.3 is 5.32 Å². The van der Waals surface area contributed by atoms with Gasteiger partial charge in [-0.2, -0.15) is 0 Å². The van der Waals surface area contributed by atoms with Crippen molar-refractivity contribution in [3.8, 4) is 0 Å². The zero-order valence-electron chi connectivity index (χ0n) is 10.6. The Balaban J connectivity index is 1.42. The highest BCUT2D eigenvalue weighted by Gasteiger charge is 2.22. The molecule has 1 N–H and O–H groups in total. The Morgan fingerprint density at radius 2 is 1.94 bits per heavy atom. The lowest BCUT2D eigenvalue weighted by Crippen LogP contribution is -2.16. The van der Waals surface area contributed by atoms with Gasteiger partial charge in [0.2, 0.25) is 0 Å². The first-order valence-corrected chi connectivity index (χ1v) is 7.62. The van der Waals surface area contributed by atoms with Crippen LogP contribution in [0, 0.1) is 0 Å². The molecule has 0 atom stereocenters. The fourth-order valence-electron chi connectivity index (χ4n) is 2.22. The SMILES string of the molecule is c1csc(CCNCc2ccc(C3CC3)cc2)c1. The highest BCUT2D eigenvalue weighted by Crippen LogP contribution is 2.39. The highest BCUT2D eigenvalue weighted by molar-refractivity contribution is 7.09. The van der Waals surface area contributed by atoms with E-state index in [1.54, 1.807) is 0 Å². The minimum atomic E-state index is 0.867. The second kappa shape index (κ2) is 5.68. The maximum Gasteiger partial charge on any atom is 0.0205 e. The molecule has 1 aromatic heterocycles. The van der Waals surface area contributed by atoms with Crippen LogP contribution < -0.4 is 5.32 Å². The summed E-state index contributed by atoms with van der Waals surface area (Å²) in [4.78, 5) is 1.46. The average Bonchev–Trinajstić information content (AvgIpc) is 3.13. The van der Waals surface area contributed by atoms with E-state index in [4.69, 9.17) is 0 Å². The number of thiophene rings is 1. The van der Waals surface area contributed by atoms with Gasteiger partial charge in [0.15, 0.2) is 0 Å². The Morgan fingerprint density at radius 3 is 2.61 bits per heavy atom. The Bertz CT molecular complexity index is 468. The second-order valence-electron chi connectivity index (χ2n) is 5.02. The normalized spacial score (nSPS) is 14.9. The molecule has 1 fully saturated rings. The van der Waals surface area contributed by atoms with E-state index in [2.05, 4.69) is 47.1 Å². The Labute approximate surface area is 113 Å². The van der Waals surface area contributed by atoms with Gasteiger partial charge in [-0.25, -0.2) is 0 Å². The maximum absolute atomic E-state index is 3.51. The lowest BCUT2D eigenvalue weighted by Gasteiger charge is -2.05. The van der Waals surface area contributed by atoms with Gasteiger partial charge in [0.05, 0.1) is 0 Å². The molecule has 2 heteroatoms. The molecule has 1 aromatic carbocycles. The molecule has 0 amide bonds. The number of hydrogen-bond acceptors (Lipinski definition) is 2. The first-order chi connectivity index (χ1) is 8.92. The minimum absolute atomic E-state index is 0.867. The molecule has 0 saturated heterocycles. The summed E-state index contributed by atoms with van der Waals surface area (Å²) < 4.78 is 0. The molecule has 94 valence electrons. The summed E-state index contributed by atoms with van der Waals surface area (Å²) in [6.45, 7) is 2.04. The van der Waals surface area contributed by atoms with Crippen LogP contribution in [0.1, 0.15) is 34.8 Å². The largest absolute Gasteiger partial charge is 0.312 e. The van der Waals surface area contributed by atoms with Gasteiger partial charge in [0, 0.05) is 18.0 Å². The van der Waals surface area contributed by atoms with Gasteiger partial charge in [-0.1, -0.05) is 30.3 Å². The molecule has 1 aliphatic rings. The minimum Gasteiger partial charge on any atom is -0.312 e. The summed E-state index contributed by atoms with van der Waals surface area (Å²) in [5.41, 5.74) is 2.92. The third-order valence-corrected chi connectivity index (χ3v) is 4.42. The number of rotatable bonds is 6. The van der Waals surface area contributed by atoms with Gasteiger partial charge in [-0.15, -0.1) is 11.3 Å². The third-order valence-electron chi connectivity index (χ3n) is 3.49. The smallest absolute Gasteiger partial charge is 0.0205 e. The fourth-order valence-corrected chi connectivity index (χ4v) is 2.93. The van der Waals surface area contributed by atoms with E-state index < -0.39 is 0 Å². The lowest BCUT2D eigenvalue weighted by molar-refractivity contribution is 0.690. The molecule has 0 radical (unpaired) electrons. The summed E-state index contributed by atoms with van der Waals surface area (Å²) in [6.07, 6.45) is 3.91. The molecule has 1 heterocycles. The molecular formula is C16H19NS. The summed E-state index contributed by atoms with van der Waals surface area (Å²) in [6, 6.07) is 13.5. The highest BCUT2D eigenvalue weighted by atomic mass is 32.1. The lowest BCUT2D eigenvalue weighted by atomic mass is 10.1. The van der Waals surface area contributed by atoms with E-state index in [-0.39, 0.29) is 0 Å². The van der Waals surface area contributed by atoms with Crippen LogP contribution in [0.4, 0.5) is 0 Å². The standard InChI is InChI=1S/C16H19NS/c1-2-16(18-11-1)9-10-17-12-13-3-5-14(6-4-13)15-7-8-15/h1-6,11,15,17H,7-10,12H2. The van der Waals surface area contributed by atoms with E-state index in [0.29, 0.717) is 0 Å². The van der Waals surface area contributed by atoms with Crippen LogP contribution >= 0.6 is 11.3 Å². The zero-order chi connectivity index (χ0) is 12.2. The zero-order valence-corrected chi connectivity index (χ0v) is 11.4. The van der Waals surface area contributed by atoms with Crippen LogP contribution in [0.2, 0.25) is 0 Å². The van der Waals surface area contributed by atoms with E-state index in [1.165, 1.54) is 28.8 Å². The van der Waals surface area contributed by atoms with Crippen molar-refractivity contribution >= 4 is 11.3 Å². The molecular weight excluding hydrogens is 238 g/mol. The van der Waals surface area contributed by atoms with Crippen LogP contribution in [0.25, 0.3) is 0 Å². The van der Waals surface area contributed by atoms with Crippen molar-refractivity contribution in [1.29, 1.82) is 0 Å². The van der Waals surface area contributed by atoms with Crippen LogP contribution in [-0.2, 0) is 13.0 Å². The molecule has 0 bridgehead atoms. The molecule has 0 spiro atoms. The predicted octanol–water partition coefficient (Wildman–Crippen LogP) is 3.96. The first kappa shape index (κ1) is 11.9. The van der Waals surface area contributed by atoms with Gasteiger partial charge in [-0.3, -0.25) is 0 Å². The van der Waals surface area contributed by atoms with Crippen molar-refractivity contribution in [2.24, 2.45) is 0 Å². The average molecular weight is 257 g/mol. The van der Waals surface area contributed by atoms with Crippen molar-refractivity contribution in [1.82, 2.24) is 5.32 Å². The van der Waals surface area contributed by atoms with Gasteiger partial charge in [-0.05, 0) is 47.8 Å². The number of hydrogen-bond donors (Lipinski definition) is 1. The topological polar surface area (TPSA) is 12.0 Å². The van der Waals surface area contributed by atoms with Gasteiger partial charge in [0.25, 0.3) is 0 Å². The maximum atomic E-state index is 3.51. The van der Waals surface area contributed by atoms with Crippen LogP contribution in [0.3, 0.4) is 0 Å². The number of nitrogens with one attached hydrogen (secondary N) is 1. The van der Waals surface area contributed by atoms with Crippen LogP contribution in [0.15, 0.2) is 41.8 Å². The van der Waals surface area contributed by atoms with Crippen molar-refractivity contribution in [3.05, 3.63) is 57.8 Å². The molecule has 0 aliphatic heterocycles. The third kappa shape index (κ3) is 3.21. The monoisotopic (exact) mass is 257 g/mol. The summed E-state index contributed by atoms with van der Waals surface area (Å²) in [7, 11) is 0. The summed E-state index contributed by atoms with van der Waals surface area (Å²) >= 11 is 1.84. The molecule has 1 aliphatic carbocycles. The van der Waals surface area contributed by atoms with Gasteiger partial charge in [0.1, 0.15) is 0 Å². The Morgan fingerprint density at radius 1 is 1.11 bits per heavy atom. The molecule has 18 heavy (non-hydrogen) atoms. The predicted molar refractivity (Wildman–Crippen MR) is 78.1 cm³/mol. The van der Waals surface area contributed by atoms with E-state index in [0.717, 1.165) is 25.4 Å². The second-order valence-corrected chi connectivity index (χ2v) is 6.05. The summed E-state index contributed by atoms with van der Waals surface area (Å²) in [5.74, 6) is 0.867. The Kier molecular flexibility index (Phi) is 3.77. The van der Waals surface area contributed by atoms with Crippen molar-refractivity contribution in [3.63, 3.8) is 0 Å². The van der Waals surface area contributed by atoms with Crippen molar-refractivity contribution < 1.29 is 0 Å². The Hall–Kier alpha value is -1.12. The van der Waals surface area contributed by atoms with Crippen LogP contribution in [0.5, 0.6) is 0 Å². The fraction of sp³-hybridized carbons (Fsp3) is 0.375. The first-order valence-electron chi connectivity index (χ1n) is 6.74. The molecule has 2 aromatic rings. The molecule has 3 rings (SSSR count). The van der Waals surface area contributed by atoms with E-state index in [9.17, 15) is 0 Å². The van der Waals surface area contributed by atoms with E-state index >= 15 is 0 Å². The van der Waals surface area contributed by atoms with Crippen molar-refractivity contribution in [2.75, 3.05) is 6.54 Å². The summed E-state index contributed by atoms with van der Waals surface area (Å²) in [5, 5.41) is 5.66. The van der Waals surface area contributed by atoms with Gasteiger partial charge >= 0.3 is 0 Å². The molecule has 0 unspecified atom stereocenters. The number of benzene rings is 1. The quantitative estimate of drug-likeness (QED) is 0.772. The van der Waals surface area contributed by atoms with Crippen LogP contribution in [-0.4, -0.2) is 6.54 Å². The van der Waals surface area contributed by atoms with Crippen molar-refractivity contribution in [2.45, 2.75) is 31.7 Å². The van der Waals surface area contributed by atoms with E-state index in [1.807, 2.05) is 11.3 Å².